The molecule has 2 heterocycles. The lowest BCUT2D eigenvalue weighted by Gasteiger charge is -2.35. The quantitative estimate of drug-likeness (QED) is 0.884. The van der Waals surface area contributed by atoms with Crippen LogP contribution in [0.2, 0.25) is 0 Å². The van der Waals surface area contributed by atoms with Gasteiger partial charge < -0.3 is 10.6 Å². The van der Waals surface area contributed by atoms with Crippen LogP contribution in [0.3, 0.4) is 0 Å². The van der Waals surface area contributed by atoms with Gasteiger partial charge in [0.25, 0.3) is 5.91 Å². The van der Waals surface area contributed by atoms with Gasteiger partial charge in [-0.05, 0) is 25.5 Å². The number of carbonyl (C=O) groups is 1. The standard InChI is InChI=1S/C14H20F3N3OS/c1-9-7-11(22-10(9)2)13(21)19-8-12(14(15,16)17)20-5-3-18-4-6-20/h7,12,18H,3-6,8H2,1-2H3,(H,19,21). The monoisotopic (exact) mass is 335 g/mol. The number of rotatable bonds is 4. The van der Waals surface area contributed by atoms with Gasteiger partial charge >= 0.3 is 6.18 Å². The summed E-state index contributed by atoms with van der Waals surface area (Å²) in [4.78, 5) is 14.9. The van der Waals surface area contributed by atoms with Gasteiger partial charge in [0.2, 0.25) is 0 Å². The molecule has 22 heavy (non-hydrogen) atoms. The summed E-state index contributed by atoms with van der Waals surface area (Å²) in [6.45, 7) is 5.07. The van der Waals surface area contributed by atoms with Gasteiger partial charge in [-0.25, -0.2) is 0 Å². The fourth-order valence-corrected chi connectivity index (χ4v) is 3.36. The summed E-state index contributed by atoms with van der Waals surface area (Å²) in [6, 6.07) is 0.0728. The smallest absolute Gasteiger partial charge is 0.349 e. The van der Waals surface area contributed by atoms with Gasteiger partial charge in [-0.1, -0.05) is 0 Å². The molecular formula is C14H20F3N3OS. The maximum Gasteiger partial charge on any atom is 0.405 e. The highest BCUT2D eigenvalue weighted by molar-refractivity contribution is 7.14. The molecule has 8 heteroatoms. The fourth-order valence-electron chi connectivity index (χ4n) is 2.41. The SMILES string of the molecule is Cc1cc(C(=O)NCC(N2CCNCC2)C(F)(F)F)sc1C. The van der Waals surface area contributed by atoms with Gasteiger partial charge in [-0.3, -0.25) is 9.69 Å². The van der Waals surface area contributed by atoms with Crippen molar-refractivity contribution in [2.75, 3.05) is 32.7 Å². The average molecular weight is 335 g/mol. The minimum atomic E-state index is -4.36. The number of aryl methyl sites for hydroxylation is 2. The second-order valence-corrected chi connectivity index (χ2v) is 6.66. The van der Waals surface area contributed by atoms with E-state index in [4.69, 9.17) is 0 Å². The van der Waals surface area contributed by atoms with Crippen LogP contribution in [0.1, 0.15) is 20.1 Å². The summed E-state index contributed by atoms with van der Waals surface area (Å²) in [5, 5.41) is 5.46. The molecule has 1 aliphatic rings. The third kappa shape index (κ3) is 4.21. The number of hydrogen-bond donors (Lipinski definition) is 2. The van der Waals surface area contributed by atoms with Crippen LogP contribution in [-0.4, -0.2) is 55.7 Å². The van der Waals surface area contributed by atoms with E-state index in [-0.39, 0.29) is 0 Å². The molecule has 2 rings (SSSR count). The van der Waals surface area contributed by atoms with Crippen molar-refractivity contribution in [2.45, 2.75) is 26.1 Å². The molecule has 0 bridgehead atoms. The molecule has 1 atom stereocenters. The normalized spacial score (nSPS) is 18.2. The Balaban J connectivity index is 2.00. The van der Waals surface area contributed by atoms with Crippen LogP contribution < -0.4 is 10.6 Å². The van der Waals surface area contributed by atoms with Crippen molar-refractivity contribution in [1.82, 2.24) is 15.5 Å². The van der Waals surface area contributed by atoms with Crippen LogP contribution in [0.25, 0.3) is 0 Å². The lowest BCUT2D eigenvalue weighted by atomic mass is 10.2. The Morgan fingerprint density at radius 2 is 2.05 bits per heavy atom. The molecule has 124 valence electrons. The molecule has 1 aromatic rings. The highest BCUT2D eigenvalue weighted by Gasteiger charge is 2.43. The maximum atomic E-state index is 13.2. The number of alkyl halides is 3. The van der Waals surface area contributed by atoms with Crippen LogP contribution in [-0.2, 0) is 0 Å². The van der Waals surface area contributed by atoms with Crippen molar-refractivity contribution in [3.8, 4) is 0 Å². The van der Waals surface area contributed by atoms with E-state index < -0.39 is 24.7 Å². The van der Waals surface area contributed by atoms with E-state index in [2.05, 4.69) is 10.6 Å². The molecule has 1 aromatic heterocycles. The Morgan fingerprint density at radius 3 is 2.55 bits per heavy atom. The molecule has 1 unspecified atom stereocenters. The van der Waals surface area contributed by atoms with E-state index in [1.165, 1.54) is 16.2 Å². The second-order valence-electron chi connectivity index (χ2n) is 5.40. The Labute approximate surface area is 131 Å². The third-order valence-corrected chi connectivity index (χ3v) is 4.97. The molecule has 0 aromatic carbocycles. The molecule has 1 saturated heterocycles. The van der Waals surface area contributed by atoms with Crippen molar-refractivity contribution in [2.24, 2.45) is 0 Å². The minimum absolute atomic E-state index is 0.331. The second kappa shape index (κ2) is 6.97. The molecular weight excluding hydrogens is 315 g/mol. The van der Waals surface area contributed by atoms with E-state index in [1.54, 1.807) is 6.07 Å². The summed E-state index contributed by atoms with van der Waals surface area (Å²) in [6.07, 6.45) is -4.36. The summed E-state index contributed by atoms with van der Waals surface area (Å²) >= 11 is 1.30. The van der Waals surface area contributed by atoms with Gasteiger partial charge in [0.15, 0.2) is 0 Å². The predicted molar refractivity (Wildman–Crippen MR) is 80.4 cm³/mol. The molecule has 1 aliphatic heterocycles. The number of halogens is 3. The lowest BCUT2D eigenvalue weighted by Crippen LogP contribution is -2.57. The van der Waals surface area contributed by atoms with Gasteiger partial charge in [0, 0.05) is 37.6 Å². The van der Waals surface area contributed by atoms with E-state index in [9.17, 15) is 18.0 Å². The zero-order chi connectivity index (χ0) is 16.3. The van der Waals surface area contributed by atoms with E-state index >= 15 is 0 Å². The molecule has 0 saturated carbocycles. The van der Waals surface area contributed by atoms with Crippen molar-refractivity contribution < 1.29 is 18.0 Å². The first-order valence-electron chi connectivity index (χ1n) is 7.15. The van der Waals surface area contributed by atoms with E-state index in [1.807, 2.05) is 13.8 Å². The first-order valence-corrected chi connectivity index (χ1v) is 7.97. The first-order chi connectivity index (χ1) is 10.3. The number of piperazine rings is 1. The lowest BCUT2D eigenvalue weighted by molar-refractivity contribution is -0.183. The van der Waals surface area contributed by atoms with Gasteiger partial charge in [-0.15, -0.1) is 11.3 Å². The van der Waals surface area contributed by atoms with Crippen LogP contribution in [0, 0.1) is 13.8 Å². The van der Waals surface area contributed by atoms with Gasteiger partial charge in [-0.2, -0.15) is 13.2 Å². The number of carbonyl (C=O) groups excluding carboxylic acids is 1. The number of nitrogens with zero attached hydrogens (tertiary/aromatic N) is 1. The molecule has 0 radical (unpaired) electrons. The van der Waals surface area contributed by atoms with Crippen molar-refractivity contribution in [1.29, 1.82) is 0 Å². The highest BCUT2D eigenvalue weighted by atomic mass is 32.1. The van der Waals surface area contributed by atoms with Crippen LogP contribution in [0.5, 0.6) is 0 Å². The van der Waals surface area contributed by atoms with Crippen LogP contribution in [0.4, 0.5) is 13.2 Å². The number of thiophene rings is 1. The molecule has 2 N–H and O–H groups in total. The highest BCUT2D eigenvalue weighted by Crippen LogP contribution is 2.25. The Kier molecular flexibility index (Phi) is 5.46. The minimum Gasteiger partial charge on any atom is -0.349 e. The summed E-state index contributed by atoms with van der Waals surface area (Å²) in [7, 11) is 0. The Hall–Kier alpha value is -1.12. The summed E-state index contributed by atoms with van der Waals surface area (Å²) in [5.74, 6) is -0.439. The van der Waals surface area contributed by atoms with Crippen LogP contribution in [0.15, 0.2) is 6.07 Å². The largest absolute Gasteiger partial charge is 0.405 e. The Bertz CT molecular complexity index is 504. The molecule has 0 aliphatic carbocycles. The predicted octanol–water partition coefficient (Wildman–Crippen LogP) is 1.93. The molecule has 0 spiro atoms. The maximum absolute atomic E-state index is 13.2. The number of nitrogens with one attached hydrogen (secondary N) is 2. The zero-order valence-electron chi connectivity index (χ0n) is 12.6. The van der Waals surface area contributed by atoms with Gasteiger partial charge in [0.05, 0.1) is 4.88 Å². The molecule has 4 nitrogen and oxygen atoms in total. The topological polar surface area (TPSA) is 44.4 Å². The average Bonchev–Trinajstić information content (AvgIpc) is 2.78. The third-order valence-electron chi connectivity index (χ3n) is 3.82. The number of hydrogen-bond acceptors (Lipinski definition) is 4. The van der Waals surface area contributed by atoms with Crippen molar-refractivity contribution >= 4 is 17.2 Å². The van der Waals surface area contributed by atoms with E-state index in [0.717, 1.165) is 10.4 Å². The fraction of sp³-hybridized carbons (Fsp3) is 0.643. The number of amides is 1. The van der Waals surface area contributed by atoms with Gasteiger partial charge in [0.1, 0.15) is 6.04 Å². The summed E-state index contributed by atoms with van der Waals surface area (Å²) in [5.41, 5.74) is 0.977. The first kappa shape index (κ1) is 17.2. The summed E-state index contributed by atoms with van der Waals surface area (Å²) < 4.78 is 39.6. The zero-order valence-corrected chi connectivity index (χ0v) is 13.4. The van der Waals surface area contributed by atoms with Crippen LogP contribution >= 0.6 is 11.3 Å². The van der Waals surface area contributed by atoms with E-state index in [0.29, 0.717) is 31.1 Å². The van der Waals surface area contributed by atoms with Crippen molar-refractivity contribution in [3.05, 3.63) is 21.4 Å². The molecule has 1 fully saturated rings. The Morgan fingerprint density at radius 1 is 1.41 bits per heavy atom. The van der Waals surface area contributed by atoms with Crippen molar-refractivity contribution in [3.63, 3.8) is 0 Å². The molecule has 1 amide bonds.